The monoisotopic (exact) mass is 1090 g/mol. The molecule has 0 aromatic heterocycles. The summed E-state index contributed by atoms with van der Waals surface area (Å²) in [5.74, 6) is 0. The minimum atomic E-state index is -0.523. The maximum atomic E-state index is 6.63. The van der Waals surface area contributed by atoms with Gasteiger partial charge in [-0.15, -0.1) is 0 Å². The van der Waals surface area contributed by atoms with Crippen molar-refractivity contribution in [1.82, 2.24) is 0 Å². The summed E-state index contributed by atoms with van der Waals surface area (Å²) in [6.07, 6.45) is 2.40. The molecule has 0 N–H and O–H groups in total. The molecule has 2 aliphatic heterocycles. The average molecular weight is 1090 g/mol. The molecule has 2 heterocycles. The summed E-state index contributed by atoms with van der Waals surface area (Å²) in [5.41, 5.74) is 20.5. The number of halogens is 1. The van der Waals surface area contributed by atoms with Crippen LogP contribution in [0.5, 0.6) is 0 Å². The standard InChI is InChI=1S/C31H27BO2.C25H15Br.C9H19BO3.C4H9.Li/c1-29(2)30(3,4)34-32(33-29)27-19-11-15-23-22-14-7-10-18-26(22)31(28(23)27)24-16-8-5-12-20(24)21-13-6-9-17-25(21)31;26-23-15-7-11-19-18-10-3-6-14-22(18)25(24(19)23)20-12-4-1-8-16(20)17-9-2-5-13-21(17)25;1-7(2)11-10-12-8(3,4)9(5,6)13-10;1-3-4-2;/h5-19H,1-4H3;1-15H;7H,1-6H3;1,3-4H2,2H3;/q;;;-1;+1. The first kappa shape index (κ1) is 56.1. The predicted molar refractivity (Wildman–Crippen MR) is 321 cm³/mol. The molecule has 9 heteroatoms. The van der Waals surface area contributed by atoms with E-state index in [0.29, 0.717) is 0 Å². The molecule has 0 amide bonds. The Morgan fingerprint density at radius 3 is 1.05 bits per heavy atom. The van der Waals surface area contributed by atoms with Gasteiger partial charge < -0.3 is 30.2 Å². The Balaban J connectivity index is 0.000000138. The van der Waals surface area contributed by atoms with Crippen LogP contribution in [0.15, 0.2) is 186 Å². The molecule has 2 spiro atoms. The Labute approximate surface area is 485 Å². The Morgan fingerprint density at radius 1 is 0.423 bits per heavy atom. The Morgan fingerprint density at radius 2 is 0.705 bits per heavy atom. The van der Waals surface area contributed by atoms with Crippen LogP contribution >= 0.6 is 15.9 Å². The van der Waals surface area contributed by atoms with Crippen LogP contribution in [0.4, 0.5) is 0 Å². The van der Waals surface area contributed by atoms with Gasteiger partial charge in [0, 0.05) is 10.6 Å². The number of benzene rings is 8. The van der Waals surface area contributed by atoms with Gasteiger partial charge in [-0.1, -0.05) is 205 Å². The van der Waals surface area contributed by atoms with Crippen LogP contribution in [0.25, 0.3) is 44.5 Å². The number of hydrogen-bond acceptors (Lipinski definition) is 5. The van der Waals surface area contributed by atoms with E-state index < -0.39 is 25.6 Å². The van der Waals surface area contributed by atoms with E-state index in [-0.39, 0.29) is 47.0 Å². The van der Waals surface area contributed by atoms with Crippen molar-refractivity contribution in [2.24, 2.45) is 0 Å². The molecule has 0 unspecified atom stereocenters. The SMILES string of the molecule is Brc1cccc2c1C1(c3ccccc3-c3ccccc31)c1ccccc1-2.CC(C)OB1OC(C)(C)C(C)(C)O1.CC1(C)OB(c2cccc3c2C2(c4ccccc4-c4ccccc42)c2ccccc2-3)OC1(C)C.[CH2-]CCC.[Li+]. The van der Waals surface area contributed by atoms with Crippen molar-refractivity contribution < 1.29 is 42.1 Å². The summed E-state index contributed by atoms with van der Waals surface area (Å²) in [6, 6.07) is 66.6. The molecule has 0 bridgehead atoms. The maximum Gasteiger partial charge on any atom is 1.00 e. The topological polar surface area (TPSA) is 46.2 Å². The van der Waals surface area contributed by atoms with Crippen LogP contribution in [0.2, 0.25) is 0 Å². The first-order valence-corrected chi connectivity index (χ1v) is 28.3. The largest absolute Gasteiger partial charge is 1.00 e. The molecule has 0 saturated carbocycles. The van der Waals surface area contributed by atoms with Crippen LogP contribution in [-0.2, 0) is 34.1 Å². The van der Waals surface area contributed by atoms with Crippen molar-refractivity contribution in [2.45, 2.75) is 128 Å². The predicted octanol–water partition coefficient (Wildman–Crippen LogP) is 13.7. The third-order valence-electron chi connectivity index (χ3n) is 17.5. The van der Waals surface area contributed by atoms with E-state index in [4.69, 9.17) is 23.3 Å². The van der Waals surface area contributed by atoms with Gasteiger partial charge in [0.05, 0.1) is 33.2 Å². The van der Waals surface area contributed by atoms with Gasteiger partial charge >= 0.3 is 33.3 Å². The third-order valence-corrected chi connectivity index (χ3v) is 18.1. The smallest absolute Gasteiger partial charge is 0.399 e. The zero-order chi connectivity index (χ0) is 54.3. The first-order chi connectivity index (χ1) is 36.9. The first-order valence-electron chi connectivity index (χ1n) is 27.5. The molecule has 78 heavy (non-hydrogen) atoms. The van der Waals surface area contributed by atoms with E-state index >= 15 is 0 Å². The van der Waals surface area contributed by atoms with Crippen LogP contribution in [0, 0.1) is 6.92 Å². The van der Waals surface area contributed by atoms with E-state index in [2.05, 4.69) is 239 Å². The molecule has 390 valence electrons. The second-order valence-electron chi connectivity index (χ2n) is 23.4. The molecule has 0 atom stereocenters. The minimum Gasteiger partial charge on any atom is -0.399 e. The zero-order valence-corrected chi connectivity index (χ0v) is 49.2. The second-order valence-corrected chi connectivity index (χ2v) is 24.2. The molecule has 8 aromatic carbocycles. The van der Waals surface area contributed by atoms with E-state index in [1.165, 1.54) is 99.9 Å². The summed E-state index contributed by atoms with van der Waals surface area (Å²) in [7, 11) is -0.948. The number of fused-ring (bicyclic) bond motifs is 20. The van der Waals surface area contributed by atoms with Crippen molar-refractivity contribution in [1.29, 1.82) is 0 Å². The summed E-state index contributed by atoms with van der Waals surface area (Å²) in [4.78, 5) is 0. The minimum absolute atomic E-state index is 0. The maximum absolute atomic E-state index is 6.63. The number of unbranched alkanes of at least 4 members (excludes halogenated alkanes) is 1. The van der Waals surface area contributed by atoms with Crippen molar-refractivity contribution in [3.05, 3.63) is 238 Å². The Kier molecular flexibility index (Phi) is 15.1. The summed E-state index contributed by atoms with van der Waals surface area (Å²) < 4.78 is 31.1. The molecular weight excluding hydrogens is 1020 g/mol. The van der Waals surface area contributed by atoms with Gasteiger partial charge in [-0.2, -0.15) is 6.42 Å². The molecule has 8 aromatic rings. The molecule has 2 fully saturated rings. The van der Waals surface area contributed by atoms with E-state index in [9.17, 15) is 0 Å². The van der Waals surface area contributed by atoms with E-state index in [1.54, 1.807) is 0 Å². The molecule has 6 aliphatic rings. The third kappa shape index (κ3) is 8.63. The summed E-state index contributed by atoms with van der Waals surface area (Å²) in [5, 5.41) is 0. The summed E-state index contributed by atoms with van der Waals surface area (Å²) in [6.45, 7) is 26.2. The summed E-state index contributed by atoms with van der Waals surface area (Å²) >= 11 is 3.89. The fourth-order valence-corrected chi connectivity index (χ4v) is 13.2. The van der Waals surface area contributed by atoms with Gasteiger partial charge in [-0.05, 0) is 170 Å². The fourth-order valence-electron chi connectivity index (χ4n) is 12.5. The molecule has 4 aliphatic carbocycles. The van der Waals surface area contributed by atoms with Crippen LogP contribution in [-0.4, -0.2) is 42.9 Å². The molecule has 14 rings (SSSR count). The van der Waals surface area contributed by atoms with Crippen molar-refractivity contribution in [2.75, 3.05) is 0 Å². The zero-order valence-electron chi connectivity index (χ0n) is 47.6. The molecule has 2 saturated heterocycles. The Bertz CT molecular complexity index is 3390. The Hall–Kier alpha value is -5.23. The van der Waals surface area contributed by atoms with Crippen molar-refractivity contribution in [3.63, 3.8) is 0 Å². The quantitative estimate of drug-likeness (QED) is 0.130. The van der Waals surface area contributed by atoms with Gasteiger partial charge in [0.1, 0.15) is 0 Å². The molecule has 5 nitrogen and oxygen atoms in total. The van der Waals surface area contributed by atoms with Gasteiger partial charge in [-0.25, -0.2) is 0 Å². The normalized spacial score (nSPS) is 18.1. The average Bonchev–Trinajstić information content (AvgIpc) is 4.06. The van der Waals surface area contributed by atoms with Gasteiger partial charge in [0.2, 0.25) is 0 Å². The van der Waals surface area contributed by atoms with Crippen LogP contribution in [0.1, 0.15) is 134 Å². The van der Waals surface area contributed by atoms with E-state index in [0.717, 1.165) is 11.9 Å². The van der Waals surface area contributed by atoms with Crippen LogP contribution < -0.4 is 24.3 Å². The van der Waals surface area contributed by atoms with Gasteiger partial charge in [-0.3, -0.25) is 0 Å². The van der Waals surface area contributed by atoms with Crippen molar-refractivity contribution in [3.8, 4) is 44.5 Å². The van der Waals surface area contributed by atoms with Gasteiger partial charge in [0.25, 0.3) is 0 Å². The molecular formula is C69H70B2BrLiO5. The molecule has 0 radical (unpaired) electrons. The van der Waals surface area contributed by atoms with Crippen LogP contribution in [0.3, 0.4) is 0 Å². The van der Waals surface area contributed by atoms with Gasteiger partial charge in [0.15, 0.2) is 0 Å². The van der Waals surface area contributed by atoms with E-state index in [1.807, 2.05) is 41.5 Å². The second kappa shape index (κ2) is 21.0. The van der Waals surface area contributed by atoms with Crippen molar-refractivity contribution >= 4 is 35.8 Å². The number of hydrogen-bond donors (Lipinski definition) is 0. The fraction of sp³-hybridized carbons (Fsp3) is 0.290. The number of rotatable bonds is 4.